The molecule has 2 aliphatic rings. The van der Waals surface area contributed by atoms with Crippen LogP contribution in [0.2, 0.25) is 0 Å². The van der Waals surface area contributed by atoms with Gasteiger partial charge in [0, 0.05) is 38.8 Å². The number of rotatable bonds is 2. The number of β-amino-alcohol motifs (C(OH)–C–C–N with tert-alkyl or cyclic N) is 1. The molecule has 2 fully saturated rings. The van der Waals surface area contributed by atoms with Gasteiger partial charge in [-0.15, -0.1) is 0 Å². The smallest absolute Gasteiger partial charge is 0.236 e. The van der Waals surface area contributed by atoms with E-state index < -0.39 is 0 Å². The quantitative estimate of drug-likeness (QED) is 0.645. The third kappa shape index (κ3) is 2.53. The van der Waals surface area contributed by atoms with Crippen LogP contribution in [0.5, 0.6) is 0 Å². The number of likely N-dealkylation sites (N-methyl/N-ethyl adjacent to an activating group) is 1. The van der Waals surface area contributed by atoms with Crippen LogP contribution in [0.4, 0.5) is 0 Å². The van der Waals surface area contributed by atoms with Gasteiger partial charge < -0.3 is 14.9 Å². The van der Waals surface area contributed by atoms with E-state index in [0.29, 0.717) is 25.7 Å². The number of hydrogen-bond acceptors (Lipinski definition) is 4. The molecule has 0 saturated carbocycles. The van der Waals surface area contributed by atoms with E-state index in [9.17, 15) is 4.79 Å². The molecule has 1 atom stereocenters. The number of piperazine rings is 1. The second kappa shape index (κ2) is 4.69. The van der Waals surface area contributed by atoms with Crippen LogP contribution in [0.1, 0.15) is 6.92 Å². The lowest BCUT2D eigenvalue weighted by molar-refractivity contribution is -0.143. The first-order chi connectivity index (χ1) is 7.56. The minimum atomic E-state index is -0.296. The number of carbonyl (C=O) groups is 1. The predicted octanol–water partition coefficient (Wildman–Crippen LogP) is -1.17. The van der Waals surface area contributed by atoms with E-state index in [0.717, 1.165) is 19.6 Å². The summed E-state index contributed by atoms with van der Waals surface area (Å²) in [6.07, 6.45) is -0.296. The number of hydrogen-bond donors (Lipinski definition) is 1. The standard InChI is InChI=1S/C11H21N3O2/c1-9-5-13(4-3-12(9)2)8-11(16)14-6-10(15)7-14/h9-10,15H,3-8H2,1-2H3. The summed E-state index contributed by atoms with van der Waals surface area (Å²) >= 11 is 0. The highest BCUT2D eigenvalue weighted by atomic mass is 16.3. The molecule has 2 rings (SSSR count). The molecule has 5 heteroatoms. The molecule has 0 aliphatic carbocycles. The Kier molecular flexibility index (Phi) is 3.47. The van der Waals surface area contributed by atoms with E-state index in [-0.39, 0.29) is 12.0 Å². The van der Waals surface area contributed by atoms with Crippen LogP contribution in [0.3, 0.4) is 0 Å². The molecule has 5 nitrogen and oxygen atoms in total. The predicted molar refractivity (Wildman–Crippen MR) is 61.1 cm³/mol. The van der Waals surface area contributed by atoms with Crippen LogP contribution < -0.4 is 0 Å². The first-order valence-corrected chi connectivity index (χ1v) is 5.94. The zero-order chi connectivity index (χ0) is 11.7. The van der Waals surface area contributed by atoms with Crippen LogP contribution >= 0.6 is 0 Å². The second-order valence-corrected chi connectivity index (χ2v) is 5.02. The maximum absolute atomic E-state index is 11.8. The number of likely N-dealkylation sites (tertiary alicyclic amines) is 1. The Morgan fingerprint density at radius 3 is 2.56 bits per heavy atom. The lowest BCUT2D eigenvalue weighted by Crippen LogP contribution is -2.58. The van der Waals surface area contributed by atoms with Crippen molar-refractivity contribution in [1.29, 1.82) is 0 Å². The summed E-state index contributed by atoms with van der Waals surface area (Å²) in [5.41, 5.74) is 0. The molecular formula is C11H21N3O2. The average Bonchev–Trinajstić information content (AvgIpc) is 2.19. The minimum Gasteiger partial charge on any atom is -0.389 e. The van der Waals surface area contributed by atoms with Gasteiger partial charge in [-0.05, 0) is 14.0 Å². The van der Waals surface area contributed by atoms with E-state index in [1.807, 2.05) is 0 Å². The zero-order valence-electron chi connectivity index (χ0n) is 10.1. The van der Waals surface area contributed by atoms with Gasteiger partial charge in [0.25, 0.3) is 0 Å². The SMILES string of the molecule is CC1CN(CC(=O)N2CC(O)C2)CCN1C. The Morgan fingerprint density at radius 2 is 2.00 bits per heavy atom. The Balaban J connectivity index is 1.75. The number of carbonyl (C=O) groups excluding carboxylic acids is 1. The lowest BCUT2D eigenvalue weighted by Gasteiger charge is -2.40. The van der Waals surface area contributed by atoms with Crippen LogP contribution in [-0.4, -0.2) is 84.2 Å². The van der Waals surface area contributed by atoms with Crippen molar-refractivity contribution in [3.63, 3.8) is 0 Å². The molecule has 0 radical (unpaired) electrons. The minimum absolute atomic E-state index is 0.155. The summed E-state index contributed by atoms with van der Waals surface area (Å²) in [5.74, 6) is 0.155. The molecule has 0 aromatic rings. The molecule has 0 aromatic carbocycles. The topological polar surface area (TPSA) is 47.0 Å². The van der Waals surface area contributed by atoms with Gasteiger partial charge >= 0.3 is 0 Å². The monoisotopic (exact) mass is 227 g/mol. The Hall–Kier alpha value is -0.650. The summed E-state index contributed by atoms with van der Waals surface area (Å²) in [6.45, 7) is 6.66. The highest BCUT2D eigenvalue weighted by molar-refractivity contribution is 5.79. The van der Waals surface area contributed by atoms with Crippen LogP contribution in [0, 0.1) is 0 Å². The van der Waals surface area contributed by atoms with Crippen molar-refractivity contribution >= 4 is 5.91 Å². The van der Waals surface area contributed by atoms with Crippen LogP contribution in [-0.2, 0) is 4.79 Å². The molecule has 0 spiro atoms. The molecule has 16 heavy (non-hydrogen) atoms. The molecule has 1 N–H and O–H groups in total. The largest absolute Gasteiger partial charge is 0.389 e. The van der Waals surface area contributed by atoms with Crippen molar-refractivity contribution in [1.82, 2.24) is 14.7 Å². The highest BCUT2D eigenvalue weighted by Crippen LogP contribution is 2.10. The van der Waals surface area contributed by atoms with Crippen molar-refractivity contribution < 1.29 is 9.90 Å². The molecule has 2 aliphatic heterocycles. The number of amides is 1. The van der Waals surface area contributed by atoms with Crippen molar-refractivity contribution in [2.45, 2.75) is 19.1 Å². The van der Waals surface area contributed by atoms with Crippen molar-refractivity contribution in [2.24, 2.45) is 0 Å². The Labute approximate surface area is 96.6 Å². The average molecular weight is 227 g/mol. The van der Waals surface area contributed by atoms with Gasteiger partial charge in [-0.25, -0.2) is 0 Å². The maximum atomic E-state index is 11.8. The summed E-state index contributed by atoms with van der Waals surface area (Å²) in [6, 6.07) is 0.517. The highest BCUT2D eigenvalue weighted by Gasteiger charge is 2.30. The Morgan fingerprint density at radius 1 is 1.31 bits per heavy atom. The fourth-order valence-corrected chi connectivity index (χ4v) is 2.22. The third-order valence-corrected chi connectivity index (χ3v) is 3.62. The van der Waals surface area contributed by atoms with Gasteiger partial charge in [0.1, 0.15) is 0 Å². The van der Waals surface area contributed by atoms with Crippen molar-refractivity contribution in [3.05, 3.63) is 0 Å². The normalized spacial score (nSPS) is 29.2. The van der Waals surface area contributed by atoms with Crippen LogP contribution in [0.15, 0.2) is 0 Å². The Bertz CT molecular complexity index is 266. The van der Waals surface area contributed by atoms with Crippen molar-refractivity contribution in [2.75, 3.05) is 46.3 Å². The van der Waals surface area contributed by atoms with Crippen molar-refractivity contribution in [3.8, 4) is 0 Å². The first kappa shape index (κ1) is 11.8. The summed E-state index contributed by atoms with van der Waals surface area (Å²) in [7, 11) is 2.12. The van der Waals surface area contributed by atoms with Gasteiger partial charge in [-0.1, -0.05) is 0 Å². The molecule has 1 unspecified atom stereocenters. The van der Waals surface area contributed by atoms with Gasteiger partial charge in [-0.2, -0.15) is 0 Å². The molecule has 1 amide bonds. The molecule has 0 bridgehead atoms. The van der Waals surface area contributed by atoms with Gasteiger partial charge in [0.15, 0.2) is 0 Å². The van der Waals surface area contributed by atoms with E-state index in [2.05, 4.69) is 23.8 Å². The van der Waals surface area contributed by atoms with Crippen LogP contribution in [0.25, 0.3) is 0 Å². The second-order valence-electron chi connectivity index (χ2n) is 5.02. The molecule has 0 aromatic heterocycles. The van der Waals surface area contributed by atoms with E-state index in [1.165, 1.54) is 0 Å². The molecular weight excluding hydrogens is 206 g/mol. The molecule has 2 saturated heterocycles. The molecule has 92 valence electrons. The first-order valence-electron chi connectivity index (χ1n) is 5.94. The summed E-state index contributed by atoms with van der Waals surface area (Å²) < 4.78 is 0. The van der Waals surface area contributed by atoms with Gasteiger partial charge in [-0.3, -0.25) is 9.69 Å². The van der Waals surface area contributed by atoms with Gasteiger partial charge in [0.05, 0.1) is 12.6 Å². The zero-order valence-corrected chi connectivity index (χ0v) is 10.1. The number of aliphatic hydroxyl groups is 1. The number of aliphatic hydroxyl groups excluding tert-OH is 1. The summed E-state index contributed by atoms with van der Waals surface area (Å²) in [5, 5.41) is 9.14. The third-order valence-electron chi connectivity index (χ3n) is 3.62. The van der Waals surface area contributed by atoms with Gasteiger partial charge in [0.2, 0.25) is 5.91 Å². The maximum Gasteiger partial charge on any atom is 0.236 e. The lowest BCUT2D eigenvalue weighted by atomic mass is 10.1. The number of nitrogens with zero attached hydrogens (tertiary/aromatic N) is 3. The van der Waals surface area contributed by atoms with E-state index in [4.69, 9.17) is 5.11 Å². The summed E-state index contributed by atoms with van der Waals surface area (Å²) in [4.78, 5) is 18.0. The van der Waals surface area contributed by atoms with E-state index >= 15 is 0 Å². The van der Waals surface area contributed by atoms with E-state index in [1.54, 1.807) is 4.90 Å². The molecule has 2 heterocycles. The fraction of sp³-hybridized carbons (Fsp3) is 0.909. The fourth-order valence-electron chi connectivity index (χ4n) is 2.22.